The second-order valence-corrected chi connectivity index (χ2v) is 9.95. The molecule has 2 aromatic carbocycles. The van der Waals surface area contributed by atoms with Crippen LogP contribution in [0.1, 0.15) is 11.1 Å². The highest BCUT2D eigenvalue weighted by Gasteiger charge is 2.11. The molecule has 0 aliphatic rings. The van der Waals surface area contributed by atoms with E-state index in [1.807, 2.05) is 12.1 Å². The summed E-state index contributed by atoms with van der Waals surface area (Å²) in [6.45, 7) is 0. The van der Waals surface area contributed by atoms with Gasteiger partial charge >= 0.3 is 0 Å². The first-order valence-corrected chi connectivity index (χ1v) is 10.0. The molecule has 21 heavy (non-hydrogen) atoms. The van der Waals surface area contributed by atoms with Gasteiger partial charge in [-0.2, -0.15) is 0 Å². The first kappa shape index (κ1) is 17.4. The van der Waals surface area contributed by atoms with Crippen molar-refractivity contribution in [1.82, 2.24) is 0 Å². The van der Waals surface area contributed by atoms with Crippen molar-refractivity contribution < 1.29 is 3.63 Å². The Labute approximate surface area is 151 Å². The van der Waals surface area contributed by atoms with Gasteiger partial charge < -0.3 is 0 Å². The molecule has 0 bridgehead atoms. The monoisotopic (exact) mass is 446 g/mol. The van der Waals surface area contributed by atoms with Crippen LogP contribution in [-0.4, -0.2) is 8.32 Å². The van der Waals surface area contributed by atoms with Gasteiger partial charge in [0.25, 0.3) is 0 Å². The van der Waals surface area contributed by atoms with Crippen LogP contribution >= 0.6 is 55.9 Å². The molecule has 0 amide bonds. The highest BCUT2D eigenvalue weighted by atomic mass is 79.9. The third-order valence-corrected chi connectivity index (χ3v) is 5.71. The summed E-state index contributed by atoms with van der Waals surface area (Å²) in [4.78, 5) is 0. The molecule has 0 aliphatic carbocycles. The predicted octanol–water partition coefficient (Wildman–Crippen LogP) is 6.23. The van der Waals surface area contributed by atoms with E-state index in [4.69, 9.17) is 3.63 Å². The van der Waals surface area contributed by atoms with Crippen molar-refractivity contribution in [1.29, 1.82) is 0 Å². The summed E-state index contributed by atoms with van der Waals surface area (Å²) < 4.78 is 6.15. The highest BCUT2D eigenvalue weighted by Crippen LogP contribution is 2.32. The SMILES string of the molecule is BrC(Cc1ccccc1)SOSC(Br)Cc1ccccc1. The Morgan fingerprint density at radius 2 is 1.10 bits per heavy atom. The van der Waals surface area contributed by atoms with E-state index < -0.39 is 0 Å². The van der Waals surface area contributed by atoms with E-state index in [9.17, 15) is 0 Å². The van der Waals surface area contributed by atoms with Crippen molar-refractivity contribution >= 4 is 55.9 Å². The Kier molecular flexibility index (Phi) is 8.25. The second kappa shape index (κ2) is 9.95. The van der Waals surface area contributed by atoms with Crippen molar-refractivity contribution in [3.8, 4) is 0 Å². The molecule has 2 atom stereocenters. The Balaban J connectivity index is 1.64. The number of halogens is 2. The van der Waals surface area contributed by atoms with Gasteiger partial charge in [0, 0.05) is 24.1 Å². The van der Waals surface area contributed by atoms with Crippen molar-refractivity contribution in [3.05, 3.63) is 71.8 Å². The van der Waals surface area contributed by atoms with Gasteiger partial charge in [-0.25, -0.2) is 3.63 Å². The van der Waals surface area contributed by atoms with Crippen molar-refractivity contribution in [2.24, 2.45) is 0 Å². The smallest absolute Gasteiger partial charge is 0.0915 e. The van der Waals surface area contributed by atoms with Gasteiger partial charge in [0.2, 0.25) is 0 Å². The number of hydrogen-bond acceptors (Lipinski definition) is 3. The lowest BCUT2D eigenvalue weighted by Crippen LogP contribution is -2.00. The summed E-state index contributed by atoms with van der Waals surface area (Å²) >= 11 is 10.2. The zero-order valence-electron chi connectivity index (χ0n) is 11.3. The normalized spacial score (nSPS) is 13.8. The van der Waals surface area contributed by atoms with Gasteiger partial charge in [0.15, 0.2) is 0 Å². The van der Waals surface area contributed by atoms with Crippen LogP contribution in [0.2, 0.25) is 0 Å². The number of benzene rings is 2. The number of alkyl halides is 2. The fraction of sp³-hybridized carbons (Fsp3) is 0.250. The molecule has 2 aromatic rings. The fourth-order valence-corrected chi connectivity index (χ4v) is 5.03. The average molecular weight is 448 g/mol. The van der Waals surface area contributed by atoms with Crippen LogP contribution in [0, 0.1) is 0 Å². The summed E-state index contributed by atoms with van der Waals surface area (Å²) in [7, 11) is 0. The lowest BCUT2D eigenvalue weighted by Gasteiger charge is -2.11. The maximum absolute atomic E-state index is 5.64. The van der Waals surface area contributed by atoms with Gasteiger partial charge in [-0.3, -0.25) is 0 Å². The molecular weight excluding hydrogens is 432 g/mol. The molecule has 0 N–H and O–H groups in total. The Hall–Kier alpha value is 0.0600. The summed E-state index contributed by atoms with van der Waals surface area (Å²) in [6.07, 6.45) is 1.88. The van der Waals surface area contributed by atoms with Crippen molar-refractivity contribution in [3.63, 3.8) is 0 Å². The molecule has 0 saturated heterocycles. The highest BCUT2D eigenvalue weighted by molar-refractivity contribution is 9.11. The van der Waals surface area contributed by atoms with E-state index in [1.54, 1.807) is 0 Å². The zero-order valence-corrected chi connectivity index (χ0v) is 16.1. The molecule has 0 fully saturated rings. The fourth-order valence-electron chi connectivity index (χ4n) is 1.77. The zero-order chi connectivity index (χ0) is 14.9. The molecule has 0 aliphatic heterocycles. The molecule has 1 nitrogen and oxygen atoms in total. The lowest BCUT2D eigenvalue weighted by atomic mass is 10.2. The minimum Gasteiger partial charge on any atom is -0.245 e. The molecule has 2 unspecified atom stereocenters. The molecule has 0 radical (unpaired) electrons. The molecule has 2 rings (SSSR count). The third kappa shape index (κ3) is 7.24. The van der Waals surface area contributed by atoms with Crippen LogP contribution in [0.5, 0.6) is 0 Å². The number of rotatable bonds is 8. The molecule has 0 heterocycles. The maximum Gasteiger partial charge on any atom is 0.0915 e. The third-order valence-electron chi connectivity index (χ3n) is 2.77. The molecule has 0 saturated carbocycles. The van der Waals surface area contributed by atoms with Gasteiger partial charge in [0.1, 0.15) is 0 Å². The van der Waals surface area contributed by atoms with E-state index in [2.05, 4.69) is 80.4 Å². The van der Waals surface area contributed by atoms with E-state index in [1.165, 1.54) is 35.2 Å². The van der Waals surface area contributed by atoms with E-state index in [0.717, 1.165) is 12.8 Å². The molecule has 0 aromatic heterocycles. The Morgan fingerprint density at radius 3 is 1.48 bits per heavy atom. The average Bonchev–Trinajstić information content (AvgIpc) is 2.49. The predicted molar refractivity (Wildman–Crippen MR) is 102 cm³/mol. The second-order valence-electron chi connectivity index (χ2n) is 4.46. The van der Waals surface area contributed by atoms with E-state index in [0.29, 0.717) is 0 Å². The minimum atomic E-state index is 0.254. The standard InChI is InChI=1S/C16H16Br2OS2/c17-15(11-13-7-3-1-4-8-13)20-19-21-16(18)12-14-9-5-2-6-10-14/h1-10,15-16H,11-12H2. The van der Waals surface area contributed by atoms with Gasteiger partial charge in [0.05, 0.1) is 8.32 Å². The summed E-state index contributed by atoms with van der Waals surface area (Å²) in [5.41, 5.74) is 2.61. The number of hydrogen-bond donors (Lipinski definition) is 0. The van der Waals surface area contributed by atoms with Crippen LogP contribution in [0.25, 0.3) is 0 Å². The van der Waals surface area contributed by atoms with Crippen molar-refractivity contribution in [2.45, 2.75) is 21.2 Å². The van der Waals surface area contributed by atoms with Crippen LogP contribution in [0.3, 0.4) is 0 Å². The van der Waals surface area contributed by atoms with Crippen LogP contribution in [0.15, 0.2) is 60.7 Å². The first-order valence-electron chi connectivity index (χ1n) is 6.59. The summed E-state index contributed by atoms with van der Waals surface area (Å²) in [6, 6.07) is 20.8. The van der Waals surface area contributed by atoms with E-state index in [-0.39, 0.29) is 8.32 Å². The molecule has 5 heteroatoms. The van der Waals surface area contributed by atoms with Gasteiger partial charge in [-0.15, -0.1) is 0 Å². The lowest BCUT2D eigenvalue weighted by molar-refractivity contribution is 0.747. The minimum absolute atomic E-state index is 0.254. The quantitative estimate of drug-likeness (QED) is 0.350. The summed E-state index contributed by atoms with van der Waals surface area (Å²) in [5.74, 6) is 0. The Morgan fingerprint density at radius 1 is 0.714 bits per heavy atom. The largest absolute Gasteiger partial charge is 0.245 e. The maximum atomic E-state index is 5.64. The summed E-state index contributed by atoms with van der Waals surface area (Å²) in [5, 5.41) is 0. The van der Waals surface area contributed by atoms with Crippen LogP contribution in [-0.2, 0) is 16.5 Å². The molecule has 0 spiro atoms. The van der Waals surface area contributed by atoms with Crippen molar-refractivity contribution in [2.75, 3.05) is 0 Å². The topological polar surface area (TPSA) is 9.23 Å². The first-order chi connectivity index (χ1) is 10.2. The van der Waals surface area contributed by atoms with Gasteiger partial charge in [-0.05, 0) is 24.0 Å². The van der Waals surface area contributed by atoms with E-state index >= 15 is 0 Å². The van der Waals surface area contributed by atoms with Crippen LogP contribution < -0.4 is 0 Å². The molecular formula is C16H16Br2OS2. The van der Waals surface area contributed by atoms with Gasteiger partial charge in [-0.1, -0.05) is 92.5 Å². The molecule has 112 valence electrons. The Bertz CT molecular complexity index is 463. The van der Waals surface area contributed by atoms with Crippen LogP contribution in [0.4, 0.5) is 0 Å².